The number of nitrogens with one attached hydrogen (secondary N) is 2. The van der Waals surface area contributed by atoms with Gasteiger partial charge in [0, 0.05) is 28.7 Å². The number of carbonyl (C=O) groups is 1. The van der Waals surface area contributed by atoms with Gasteiger partial charge in [-0.1, -0.05) is 54.5 Å². The number of thiazole rings is 1. The summed E-state index contributed by atoms with van der Waals surface area (Å²) in [6.45, 7) is 5.90. The first kappa shape index (κ1) is 34.5. The van der Waals surface area contributed by atoms with E-state index in [9.17, 15) is 22.0 Å². The summed E-state index contributed by atoms with van der Waals surface area (Å²) >= 11 is 1.22. The van der Waals surface area contributed by atoms with Crippen LogP contribution in [0.4, 0.5) is 29.6 Å². The Morgan fingerprint density at radius 2 is 1.71 bits per heavy atom. The van der Waals surface area contributed by atoms with Crippen LogP contribution in [-0.2, 0) is 20.2 Å². The van der Waals surface area contributed by atoms with Crippen molar-refractivity contribution >= 4 is 60.7 Å². The lowest BCUT2D eigenvalue weighted by atomic mass is 9.98. The van der Waals surface area contributed by atoms with Crippen LogP contribution in [0.1, 0.15) is 25.8 Å². The number of benzene rings is 2. The van der Waals surface area contributed by atoms with E-state index in [-0.39, 0.29) is 36.1 Å². The molecular weight excluding hydrogens is 672 g/mol. The zero-order chi connectivity index (χ0) is 32.8. The highest BCUT2D eigenvalue weighted by Crippen LogP contribution is 2.42. The predicted molar refractivity (Wildman–Crippen MR) is 171 cm³/mol. The second kappa shape index (κ2) is 14.8. The minimum absolute atomic E-state index is 0.0546. The van der Waals surface area contributed by atoms with Gasteiger partial charge in [0.25, 0.3) is 10.0 Å². The van der Waals surface area contributed by atoms with Gasteiger partial charge in [-0.05, 0) is 30.3 Å². The highest BCUT2D eigenvalue weighted by atomic mass is 33.1. The van der Waals surface area contributed by atoms with E-state index in [1.807, 2.05) is 25.5 Å². The standard InChI is InChI=1S/C28H28F3N5O5S4/c1-28(2,3)25-34-22(16-6-4-9-19(21(16)31)36-45(39,40)24-17(29)7-5-8-18(24)30)23(44-25)20-10-11-32-26(33-20)35-27(38)41-13-15-43-42-14-12-37/h4-11,36-37H,12-15H2,1-3H3,(H,32,33,35,38). The third-order valence-electron chi connectivity index (χ3n) is 5.71. The van der Waals surface area contributed by atoms with Crippen LogP contribution in [0, 0.1) is 17.5 Å². The lowest BCUT2D eigenvalue weighted by Gasteiger charge is -2.14. The van der Waals surface area contributed by atoms with Crippen molar-refractivity contribution in [2.45, 2.75) is 31.1 Å². The smallest absolute Gasteiger partial charge is 0.414 e. The molecule has 0 fully saturated rings. The number of sulfonamides is 1. The minimum Gasteiger partial charge on any atom is -0.448 e. The summed E-state index contributed by atoms with van der Waals surface area (Å²) in [5, 5.41) is 11.9. The zero-order valence-corrected chi connectivity index (χ0v) is 27.4. The molecule has 1 amide bonds. The van der Waals surface area contributed by atoms with Crippen molar-refractivity contribution in [3.8, 4) is 21.8 Å². The van der Waals surface area contributed by atoms with Gasteiger partial charge in [0.2, 0.25) is 5.95 Å². The highest BCUT2D eigenvalue weighted by molar-refractivity contribution is 8.76. The van der Waals surface area contributed by atoms with Crippen LogP contribution >= 0.6 is 32.9 Å². The number of hydrogen-bond acceptors (Lipinski definition) is 11. The molecule has 10 nitrogen and oxygen atoms in total. The maximum absolute atomic E-state index is 16.0. The third-order valence-corrected chi connectivity index (χ3v) is 11.0. The van der Waals surface area contributed by atoms with Gasteiger partial charge < -0.3 is 9.84 Å². The Morgan fingerprint density at radius 1 is 1.02 bits per heavy atom. The molecule has 0 saturated heterocycles. The number of halogens is 3. The van der Waals surface area contributed by atoms with E-state index >= 15 is 4.39 Å². The van der Waals surface area contributed by atoms with Gasteiger partial charge in [0.1, 0.15) is 18.2 Å². The van der Waals surface area contributed by atoms with Crippen LogP contribution in [0.5, 0.6) is 0 Å². The molecule has 17 heteroatoms. The largest absolute Gasteiger partial charge is 0.448 e. The van der Waals surface area contributed by atoms with Gasteiger partial charge >= 0.3 is 6.09 Å². The first-order valence-corrected chi connectivity index (χ1v) is 18.0. The van der Waals surface area contributed by atoms with Crippen molar-refractivity contribution in [1.82, 2.24) is 15.0 Å². The Morgan fingerprint density at radius 3 is 2.40 bits per heavy atom. The molecule has 0 saturated carbocycles. The Bertz CT molecular complexity index is 1760. The Labute approximate surface area is 269 Å². The third kappa shape index (κ3) is 8.66. The second-order valence-corrected chi connectivity index (χ2v) is 15.5. The minimum atomic E-state index is -4.85. The van der Waals surface area contributed by atoms with Gasteiger partial charge in [-0.3, -0.25) is 10.0 Å². The highest BCUT2D eigenvalue weighted by Gasteiger charge is 2.28. The van der Waals surface area contributed by atoms with Crippen LogP contribution in [0.15, 0.2) is 53.6 Å². The van der Waals surface area contributed by atoms with Gasteiger partial charge in [-0.2, -0.15) is 0 Å². The molecule has 3 N–H and O–H groups in total. The number of aromatic nitrogens is 3. The molecule has 0 spiro atoms. The number of aliphatic hydroxyl groups excluding tert-OH is 1. The molecule has 0 bridgehead atoms. The molecular formula is C28H28F3N5O5S4. The fraction of sp³-hybridized carbons (Fsp3) is 0.286. The van der Waals surface area contributed by atoms with E-state index < -0.39 is 49.6 Å². The fourth-order valence-electron chi connectivity index (χ4n) is 3.72. The van der Waals surface area contributed by atoms with E-state index in [1.165, 1.54) is 51.3 Å². The van der Waals surface area contributed by atoms with Crippen LogP contribution in [0.25, 0.3) is 21.8 Å². The van der Waals surface area contributed by atoms with E-state index in [2.05, 4.69) is 20.3 Å². The summed E-state index contributed by atoms with van der Waals surface area (Å²) in [4.78, 5) is 24.6. The van der Waals surface area contributed by atoms with Crippen LogP contribution < -0.4 is 10.0 Å². The van der Waals surface area contributed by atoms with E-state index in [0.717, 1.165) is 24.3 Å². The molecule has 4 aromatic rings. The van der Waals surface area contributed by atoms with Gasteiger partial charge in [0.05, 0.1) is 33.6 Å². The number of hydrogen-bond donors (Lipinski definition) is 3. The number of ether oxygens (including phenoxy) is 1. The van der Waals surface area contributed by atoms with Gasteiger partial charge in [0.15, 0.2) is 10.7 Å². The summed E-state index contributed by atoms with van der Waals surface area (Å²) in [5.74, 6) is -2.70. The topological polar surface area (TPSA) is 143 Å². The van der Waals surface area contributed by atoms with Crippen molar-refractivity contribution in [2.75, 3.05) is 34.8 Å². The Balaban J connectivity index is 1.66. The maximum Gasteiger partial charge on any atom is 0.414 e. The first-order chi connectivity index (χ1) is 21.3. The van der Waals surface area contributed by atoms with Crippen molar-refractivity contribution in [3.63, 3.8) is 0 Å². The number of carbonyl (C=O) groups excluding carboxylic acids is 1. The zero-order valence-electron chi connectivity index (χ0n) is 24.1. The molecule has 0 aliphatic carbocycles. The normalized spacial score (nSPS) is 11.8. The van der Waals surface area contributed by atoms with Crippen LogP contribution in [0.2, 0.25) is 0 Å². The number of nitrogens with zero attached hydrogens (tertiary/aromatic N) is 3. The molecule has 2 aromatic carbocycles. The summed E-state index contributed by atoms with van der Waals surface area (Å²) in [7, 11) is -1.95. The Kier molecular flexibility index (Phi) is 11.4. The average molecular weight is 700 g/mol. The molecule has 0 aliphatic heterocycles. The first-order valence-electron chi connectivity index (χ1n) is 13.2. The van der Waals surface area contributed by atoms with E-state index in [4.69, 9.17) is 9.84 Å². The van der Waals surface area contributed by atoms with Crippen LogP contribution in [-0.4, -0.2) is 59.3 Å². The second-order valence-electron chi connectivity index (χ2n) is 10.2. The molecule has 0 aliphatic rings. The van der Waals surface area contributed by atoms with Crippen molar-refractivity contribution in [3.05, 3.63) is 71.1 Å². The van der Waals surface area contributed by atoms with E-state index in [0.29, 0.717) is 21.4 Å². The molecule has 2 heterocycles. The number of amides is 1. The van der Waals surface area contributed by atoms with E-state index in [1.54, 1.807) is 6.07 Å². The van der Waals surface area contributed by atoms with Crippen molar-refractivity contribution in [1.29, 1.82) is 0 Å². The monoisotopic (exact) mass is 699 g/mol. The Hall–Kier alpha value is -3.38. The number of aliphatic hydroxyl groups is 1. The fourth-order valence-corrected chi connectivity index (χ4v) is 7.62. The van der Waals surface area contributed by atoms with Gasteiger partial charge in [-0.15, -0.1) is 11.3 Å². The molecule has 2 aromatic heterocycles. The SMILES string of the molecule is CC(C)(C)c1nc(-c2cccc(NS(=O)(=O)c3c(F)cccc3F)c2F)c(-c2ccnc(NC(=O)OCCSSCCO)n2)s1. The van der Waals surface area contributed by atoms with Crippen molar-refractivity contribution in [2.24, 2.45) is 0 Å². The lowest BCUT2D eigenvalue weighted by Crippen LogP contribution is -2.17. The molecule has 45 heavy (non-hydrogen) atoms. The summed E-state index contributed by atoms with van der Waals surface area (Å²) < 4.78 is 77.4. The lowest BCUT2D eigenvalue weighted by molar-refractivity contribution is 0.169. The number of rotatable bonds is 12. The van der Waals surface area contributed by atoms with Crippen molar-refractivity contribution < 1.29 is 36.2 Å². The molecule has 0 unspecified atom stereocenters. The predicted octanol–water partition coefficient (Wildman–Crippen LogP) is 6.70. The molecule has 0 radical (unpaired) electrons. The quantitative estimate of drug-likeness (QED) is 0.108. The summed E-state index contributed by atoms with van der Waals surface area (Å²) in [6.07, 6.45) is 0.612. The maximum atomic E-state index is 16.0. The molecule has 240 valence electrons. The molecule has 4 rings (SSSR count). The number of anilines is 2. The summed E-state index contributed by atoms with van der Waals surface area (Å²) in [5.41, 5.74) is -0.702. The van der Waals surface area contributed by atoms with Gasteiger partial charge in [-0.25, -0.2) is 41.3 Å². The average Bonchev–Trinajstić information content (AvgIpc) is 3.42. The van der Waals surface area contributed by atoms with Crippen LogP contribution in [0.3, 0.4) is 0 Å². The summed E-state index contributed by atoms with van der Waals surface area (Å²) in [6, 6.07) is 8.00. The molecule has 0 atom stereocenters.